The molecule has 0 aliphatic rings. The first kappa shape index (κ1) is 19.4. The molecule has 130 valence electrons. The Morgan fingerprint density at radius 2 is 1.91 bits per heavy atom. The molecule has 0 bridgehead atoms. The summed E-state index contributed by atoms with van der Waals surface area (Å²) in [6.45, 7) is 4.85. The monoisotopic (exact) mass is 343 g/mol. The predicted molar refractivity (Wildman–Crippen MR) is 88.5 cm³/mol. The molecule has 2 N–H and O–H groups in total. The van der Waals surface area contributed by atoms with Crippen LogP contribution in [0.4, 0.5) is 0 Å². The van der Waals surface area contributed by atoms with E-state index >= 15 is 0 Å². The van der Waals surface area contributed by atoms with Crippen molar-refractivity contribution in [3.05, 3.63) is 24.3 Å². The summed E-state index contributed by atoms with van der Waals surface area (Å²) in [7, 11) is -3.20. The van der Waals surface area contributed by atoms with Crippen molar-refractivity contribution in [3.63, 3.8) is 0 Å². The lowest BCUT2D eigenvalue weighted by Gasteiger charge is -2.20. The SMILES string of the molecule is CC[C@H](C)[C@H](NCCCOc1ccc(S(C)(=O)=O)cc1)C(=O)O. The first-order valence-corrected chi connectivity index (χ1v) is 9.54. The molecule has 0 saturated carbocycles. The van der Waals surface area contributed by atoms with E-state index < -0.39 is 21.8 Å². The van der Waals surface area contributed by atoms with Crippen LogP contribution in [-0.4, -0.2) is 44.9 Å². The minimum atomic E-state index is -3.20. The molecule has 0 amide bonds. The fraction of sp³-hybridized carbons (Fsp3) is 0.562. The molecule has 1 aromatic rings. The van der Waals surface area contributed by atoms with Crippen molar-refractivity contribution in [3.8, 4) is 5.75 Å². The van der Waals surface area contributed by atoms with Crippen LogP contribution in [0.15, 0.2) is 29.2 Å². The summed E-state index contributed by atoms with van der Waals surface area (Å²) in [5, 5.41) is 12.2. The Labute approximate surface area is 137 Å². The van der Waals surface area contributed by atoms with E-state index in [1.165, 1.54) is 12.1 Å². The zero-order chi connectivity index (χ0) is 17.5. The van der Waals surface area contributed by atoms with Gasteiger partial charge in [-0.1, -0.05) is 20.3 Å². The van der Waals surface area contributed by atoms with Crippen LogP contribution in [0.1, 0.15) is 26.7 Å². The first-order chi connectivity index (χ1) is 10.8. The molecule has 0 unspecified atom stereocenters. The second kappa shape index (κ2) is 8.88. The normalized spacial score (nSPS) is 14.2. The van der Waals surface area contributed by atoms with Crippen molar-refractivity contribution < 1.29 is 23.1 Å². The van der Waals surface area contributed by atoms with Gasteiger partial charge in [-0.05, 0) is 43.1 Å². The number of carbonyl (C=O) groups is 1. The second-order valence-electron chi connectivity index (χ2n) is 5.60. The predicted octanol–water partition coefficient (Wildman–Crippen LogP) is 1.95. The van der Waals surface area contributed by atoms with Crippen molar-refractivity contribution in [1.82, 2.24) is 5.32 Å². The molecule has 6 nitrogen and oxygen atoms in total. The van der Waals surface area contributed by atoms with Gasteiger partial charge in [0.25, 0.3) is 0 Å². The van der Waals surface area contributed by atoms with Gasteiger partial charge < -0.3 is 15.2 Å². The number of aliphatic carboxylic acids is 1. The van der Waals surface area contributed by atoms with Gasteiger partial charge in [0.05, 0.1) is 11.5 Å². The maximum absolute atomic E-state index is 11.3. The molecular weight excluding hydrogens is 318 g/mol. The van der Waals surface area contributed by atoms with Crippen molar-refractivity contribution in [2.45, 2.75) is 37.6 Å². The van der Waals surface area contributed by atoms with Gasteiger partial charge >= 0.3 is 5.97 Å². The highest BCUT2D eigenvalue weighted by molar-refractivity contribution is 7.90. The van der Waals surface area contributed by atoms with Gasteiger partial charge in [0.2, 0.25) is 0 Å². The zero-order valence-electron chi connectivity index (χ0n) is 13.8. The minimum absolute atomic E-state index is 0.0666. The molecule has 0 aromatic heterocycles. The van der Waals surface area contributed by atoms with E-state index in [0.717, 1.165) is 12.7 Å². The van der Waals surface area contributed by atoms with Crippen LogP contribution in [0.2, 0.25) is 0 Å². The third-order valence-electron chi connectivity index (χ3n) is 3.69. The summed E-state index contributed by atoms with van der Waals surface area (Å²) in [5.74, 6) is -0.178. The molecule has 0 aliphatic carbocycles. The highest BCUT2D eigenvalue weighted by Crippen LogP contribution is 2.16. The van der Waals surface area contributed by atoms with Crippen LogP contribution in [0, 0.1) is 5.92 Å². The molecule has 7 heteroatoms. The third-order valence-corrected chi connectivity index (χ3v) is 4.81. The largest absolute Gasteiger partial charge is 0.494 e. The van der Waals surface area contributed by atoms with Crippen LogP contribution < -0.4 is 10.1 Å². The van der Waals surface area contributed by atoms with E-state index in [0.29, 0.717) is 25.3 Å². The molecular formula is C16H25NO5S. The van der Waals surface area contributed by atoms with Gasteiger partial charge in [-0.3, -0.25) is 4.79 Å². The number of hydrogen-bond acceptors (Lipinski definition) is 5. The molecule has 0 heterocycles. The highest BCUT2D eigenvalue weighted by atomic mass is 32.2. The van der Waals surface area contributed by atoms with Crippen molar-refractivity contribution >= 4 is 15.8 Å². The molecule has 0 saturated heterocycles. The van der Waals surface area contributed by atoms with Crippen LogP contribution in [0.3, 0.4) is 0 Å². The van der Waals surface area contributed by atoms with Gasteiger partial charge in [-0.2, -0.15) is 0 Å². The Hall–Kier alpha value is -1.60. The van der Waals surface area contributed by atoms with E-state index in [-0.39, 0.29) is 10.8 Å². The summed E-state index contributed by atoms with van der Waals surface area (Å²) in [6.07, 6.45) is 2.62. The number of rotatable bonds is 10. The molecule has 1 aromatic carbocycles. The third kappa shape index (κ3) is 6.58. The lowest BCUT2D eigenvalue weighted by atomic mass is 9.99. The quantitative estimate of drug-likeness (QED) is 0.631. The number of carboxylic acids is 1. The first-order valence-electron chi connectivity index (χ1n) is 7.64. The number of sulfone groups is 1. The maximum Gasteiger partial charge on any atom is 0.320 e. The summed E-state index contributed by atoms with van der Waals surface area (Å²) < 4.78 is 28.2. The summed E-state index contributed by atoms with van der Waals surface area (Å²) in [6, 6.07) is 5.69. The van der Waals surface area contributed by atoms with Crippen molar-refractivity contribution in [2.75, 3.05) is 19.4 Å². The standard InChI is InChI=1S/C16H25NO5S/c1-4-12(2)15(16(18)19)17-10-5-11-22-13-6-8-14(9-7-13)23(3,20)21/h6-9,12,15,17H,4-5,10-11H2,1-3H3,(H,18,19)/t12-,15-/m0/s1. The molecule has 0 fully saturated rings. The number of carboxylic acid groups (broad SMARTS) is 1. The summed E-state index contributed by atoms with van der Waals surface area (Å²) in [5.41, 5.74) is 0. The van der Waals surface area contributed by atoms with E-state index in [4.69, 9.17) is 9.84 Å². The Bertz CT molecular complexity index is 597. The Balaban J connectivity index is 2.36. The van der Waals surface area contributed by atoms with Crippen LogP contribution in [0.5, 0.6) is 5.75 Å². The number of nitrogens with one attached hydrogen (secondary N) is 1. The Kier molecular flexibility index (Phi) is 7.51. The fourth-order valence-corrected chi connectivity index (χ4v) is 2.70. The van der Waals surface area contributed by atoms with Crippen molar-refractivity contribution in [1.29, 1.82) is 0 Å². The lowest BCUT2D eigenvalue weighted by Crippen LogP contribution is -2.42. The maximum atomic E-state index is 11.3. The average molecular weight is 343 g/mol. The zero-order valence-corrected chi connectivity index (χ0v) is 14.6. The summed E-state index contributed by atoms with van der Waals surface area (Å²) >= 11 is 0. The molecule has 2 atom stereocenters. The van der Waals surface area contributed by atoms with Gasteiger partial charge in [-0.25, -0.2) is 8.42 Å². The van der Waals surface area contributed by atoms with Gasteiger partial charge in [0, 0.05) is 6.26 Å². The number of ether oxygens (including phenoxy) is 1. The average Bonchev–Trinajstić information content (AvgIpc) is 2.49. The topological polar surface area (TPSA) is 92.7 Å². The smallest absolute Gasteiger partial charge is 0.320 e. The van der Waals surface area contributed by atoms with Crippen LogP contribution in [0.25, 0.3) is 0 Å². The summed E-state index contributed by atoms with van der Waals surface area (Å²) in [4.78, 5) is 11.4. The lowest BCUT2D eigenvalue weighted by molar-refractivity contribution is -0.140. The second-order valence-corrected chi connectivity index (χ2v) is 7.62. The van der Waals surface area contributed by atoms with E-state index in [9.17, 15) is 13.2 Å². The van der Waals surface area contributed by atoms with E-state index in [2.05, 4.69) is 5.32 Å². The molecule has 23 heavy (non-hydrogen) atoms. The van der Waals surface area contributed by atoms with Gasteiger partial charge in [0.1, 0.15) is 11.8 Å². The van der Waals surface area contributed by atoms with Crippen LogP contribution in [-0.2, 0) is 14.6 Å². The van der Waals surface area contributed by atoms with Crippen LogP contribution >= 0.6 is 0 Å². The molecule has 0 radical (unpaired) electrons. The highest BCUT2D eigenvalue weighted by Gasteiger charge is 2.22. The van der Waals surface area contributed by atoms with E-state index in [1.54, 1.807) is 12.1 Å². The molecule has 0 spiro atoms. The Morgan fingerprint density at radius 1 is 1.30 bits per heavy atom. The minimum Gasteiger partial charge on any atom is -0.494 e. The van der Waals surface area contributed by atoms with Crippen molar-refractivity contribution in [2.24, 2.45) is 5.92 Å². The fourth-order valence-electron chi connectivity index (χ4n) is 2.07. The number of benzene rings is 1. The Morgan fingerprint density at radius 3 is 2.39 bits per heavy atom. The number of hydrogen-bond donors (Lipinski definition) is 2. The molecule has 1 rings (SSSR count). The van der Waals surface area contributed by atoms with Gasteiger partial charge in [0.15, 0.2) is 9.84 Å². The van der Waals surface area contributed by atoms with Gasteiger partial charge in [-0.15, -0.1) is 0 Å². The van der Waals surface area contributed by atoms with E-state index in [1.807, 2.05) is 13.8 Å². The molecule has 0 aliphatic heterocycles.